The standard InChI is InChI=1S/C16H14F2N2OS/c17-12-8-13(18)15(19-9-12)16(21)20-6-7-22-10-14(20)11-4-2-1-3-5-11/h1-5,8-9,14H,6-7,10H2/t14-/m1/s1. The van der Waals surface area contributed by atoms with Crippen LogP contribution in [0, 0.1) is 11.6 Å². The molecular formula is C16H14F2N2OS. The Morgan fingerprint density at radius 3 is 2.77 bits per heavy atom. The molecule has 0 bridgehead atoms. The zero-order valence-electron chi connectivity index (χ0n) is 11.7. The largest absolute Gasteiger partial charge is 0.329 e. The molecule has 1 aromatic heterocycles. The van der Waals surface area contributed by atoms with Gasteiger partial charge in [-0.1, -0.05) is 30.3 Å². The molecular weight excluding hydrogens is 306 g/mol. The summed E-state index contributed by atoms with van der Waals surface area (Å²) >= 11 is 1.75. The van der Waals surface area contributed by atoms with Crippen LogP contribution in [0.15, 0.2) is 42.6 Å². The van der Waals surface area contributed by atoms with Crippen LogP contribution in [0.25, 0.3) is 0 Å². The number of aromatic nitrogens is 1. The van der Waals surface area contributed by atoms with Gasteiger partial charge < -0.3 is 4.90 Å². The van der Waals surface area contributed by atoms with Crippen molar-refractivity contribution < 1.29 is 13.6 Å². The average Bonchev–Trinajstić information content (AvgIpc) is 2.55. The van der Waals surface area contributed by atoms with Crippen LogP contribution in [-0.2, 0) is 0 Å². The molecule has 1 amide bonds. The highest BCUT2D eigenvalue weighted by molar-refractivity contribution is 7.99. The Labute approximate surface area is 131 Å². The molecule has 1 atom stereocenters. The first kappa shape index (κ1) is 15.0. The summed E-state index contributed by atoms with van der Waals surface area (Å²) in [5, 5.41) is 0. The predicted octanol–water partition coefficient (Wildman–Crippen LogP) is 3.29. The molecule has 1 aliphatic heterocycles. The molecule has 6 heteroatoms. The third kappa shape index (κ3) is 2.97. The monoisotopic (exact) mass is 320 g/mol. The van der Waals surface area contributed by atoms with E-state index in [1.165, 1.54) is 0 Å². The fourth-order valence-corrected chi connectivity index (χ4v) is 3.59. The van der Waals surface area contributed by atoms with Crippen LogP contribution in [-0.4, -0.2) is 33.8 Å². The third-order valence-electron chi connectivity index (χ3n) is 3.58. The number of hydrogen-bond donors (Lipinski definition) is 0. The lowest BCUT2D eigenvalue weighted by molar-refractivity contribution is 0.0690. The van der Waals surface area contributed by atoms with E-state index in [4.69, 9.17) is 0 Å². The molecule has 2 aromatic rings. The summed E-state index contributed by atoms with van der Waals surface area (Å²) in [6.45, 7) is 0.515. The Balaban J connectivity index is 1.92. The molecule has 2 heterocycles. The van der Waals surface area contributed by atoms with Crippen LogP contribution in [0.1, 0.15) is 22.1 Å². The molecule has 114 valence electrons. The highest BCUT2D eigenvalue weighted by Crippen LogP contribution is 2.30. The van der Waals surface area contributed by atoms with Crippen molar-refractivity contribution in [1.29, 1.82) is 0 Å². The van der Waals surface area contributed by atoms with Crippen molar-refractivity contribution in [2.45, 2.75) is 6.04 Å². The van der Waals surface area contributed by atoms with Crippen LogP contribution < -0.4 is 0 Å². The Hall–Kier alpha value is -1.95. The van der Waals surface area contributed by atoms with Crippen molar-refractivity contribution in [1.82, 2.24) is 9.88 Å². The number of pyridine rings is 1. The van der Waals surface area contributed by atoms with Gasteiger partial charge in [0.15, 0.2) is 11.5 Å². The Morgan fingerprint density at radius 1 is 1.27 bits per heavy atom. The van der Waals surface area contributed by atoms with Crippen LogP contribution in [0.2, 0.25) is 0 Å². The molecule has 1 fully saturated rings. The topological polar surface area (TPSA) is 33.2 Å². The number of rotatable bonds is 2. The van der Waals surface area contributed by atoms with E-state index in [0.717, 1.165) is 23.3 Å². The number of nitrogens with zero attached hydrogens (tertiary/aromatic N) is 2. The lowest BCUT2D eigenvalue weighted by atomic mass is 10.1. The number of carbonyl (C=O) groups excluding carboxylic acids is 1. The minimum Gasteiger partial charge on any atom is -0.329 e. The van der Waals surface area contributed by atoms with Gasteiger partial charge in [0.25, 0.3) is 5.91 Å². The van der Waals surface area contributed by atoms with Gasteiger partial charge in [0.1, 0.15) is 5.82 Å². The molecule has 0 spiro atoms. The second-order valence-electron chi connectivity index (χ2n) is 4.98. The maximum absolute atomic E-state index is 13.8. The molecule has 0 aliphatic carbocycles. The average molecular weight is 320 g/mol. The van der Waals surface area contributed by atoms with Crippen molar-refractivity contribution in [2.75, 3.05) is 18.1 Å². The third-order valence-corrected chi connectivity index (χ3v) is 4.61. The predicted molar refractivity (Wildman–Crippen MR) is 81.7 cm³/mol. The number of benzene rings is 1. The smallest absolute Gasteiger partial charge is 0.276 e. The maximum Gasteiger partial charge on any atom is 0.276 e. The second kappa shape index (κ2) is 6.44. The molecule has 3 nitrogen and oxygen atoms in total. The summed E-state index contributed by atoms with van der Waals surface area (Å²) in [5.74, 6) is -0.666. The number of halogens is 2. The van der Waals surface area contributed by atoms with E-state index in [1.54, 1.807) is 16.7 Å². The minimum atomic E-state index is -0.921. The lowest BCUT2D eigenvalue weighted by Gasteiger charge is -2.35. The van der Waals surface area contributed by atoms with E-state index in [1.807, 2.05) is 30.3 Å². The lowest BCUT2D eigenvalue weighted by Crippen LogP contribution is -2.41. The summed E-state index contributed by atoms with van der Waals surface area (Å²) in [7, 11) is 0. The summed E-state index contributed by atoms with van der Waals surface area (Å²) in [4.78, 5) is 17.9. The molecule has 0 radical (unpaired) electrons. The SMILES string of the molecule is O=C(c1ncc(F)cc1F)N1CCSC[C@@H]1c1ccccc1. The fraction of sp³-hybridized carbons (Fsp3) is 0.250. The van der Waals surface area contributed by atoms with Gasteiger partial charge in [-0.3, -0.25) is 4.79 Å². The second-order valence-corrected chi connectivity index (χ2v) is 6.13. The van der Waals surface area contributed by atoms with Gasteiger partial charge in [0.2, 0.25) is 0 Å². The zero-order chi connectivity index (χ0) is 15.5. The molecule has 1 aromatic carbocycles. The first-order chi connectivity index (χ1) is 10.7. The molecule has 0 N–H and O–H groups in total. The normalized spacial score (nSPS) is 18.3. The van der Waals surface area contributed by atoms with E-state index in [9.17, 15) is 13.6 Å². The number of hydrogen-bond acceptors (Lipinski definition) is 3. The van der Waals surface area contributed by atoms with Gasteiger partial charge in [0.05, 0.1) is 12.2 Å². The van der Waals surface area contributed by atoms with Crippen molar-refractivity contribution >= 4 is 17.7 Å². The Kier molecular flexibility index (Phi) is 4.38. The summed E-state index contributed by atoms with van der Waals surface area (Å²) in [5.41, 5.74) is 0.680. The van der Waals surface area contributed by atoms with Gasteiger partial charge in [-0.05, 0) is 5.56 Å². The number of carbonyl (C=O) groups is 1. The molecule has 3 rings (SSSR count). The van der Waals surface area contributed by atoms with Crippen LogP contribution in [0.5, 0.6) is 0 Å². The fourth-order valence-electron chi connectivity index (χ4n) is 2.51. The summed E-state index contributed by atoms with van der Waals surface area (Å²) < 4.78 is 26.8. The van der Waals surface area contributed by atoms with Crippen LogP contribution in [0.4, 0.5) is 8.78 Å². The molecule has 22 heavy (non-hydrogen) atoms. The summed E-state index contributed by atoms with van der Waals surface area (Å²) in [6, 6.07) is 10.2. The minimum absolute atomic E-state index is 0.126. The Bertz CT molecular complexity index is 681. The van der Waals surface area contributed by atoms with Crippen LogP contribution >= 0.6 is 11.8 Å². The van der Waals surface area contributed by atoms with E-state index >= 15 is 0 Å². The highest BCUT2D eigenvalue weighted by atomic mass is 32.2. The highest BCUT2D eigenvalue weighted by Gasteiger charge is 2.31. The van der Waals surface area contributed by atoms with E-state index in [0.29, 0.717) is 12.6 Å². The van der Waals surface area contributed by atoms with Gasteiger partial charge in [0, 0.05) is 24.1 Å². The van der Waals surface area contributed by atoms with E-state index in [-0.39, 0.29) is 11.7 Å². The van der Waals surface area contributed by atoms with Crippen molar-refractivity contribution in [3.05, 3.63) is 65.5 Å². The van der Waals surface area contributed by atoms with Gasteiger partial charge in [-0.2, -0.15) is 11.8 Å². The molecule has 0 saturated carbocycles. The maximum atomic E-state index is 13.8. The van der Waals surface area contributed by atoms with Crippen molar-refractivity contribution in [3.8, 4) is 0 Å². The Morgan fingerprint density at radius 2 is 2.05 bits per heavy atom. The number of thioether (sulfide) groups is 1. The number of amides is 1. The first-order valence-corrected chi connectivity index (χ1v) is 8.07. The molecule has 0 unspecified atom stereocenters. The van der Waals surface area contributed by atoms with Crippen LogP contribution in [0.3, 0.4) is 0 Å². The first-order valence-electron chi connectivity index (χ1n) is 6.91. The quantitative estimate of drug-likeness (QED) is 0.851. The molecule has 1 saturated heterocycles. The van der Waals surface area contributed by atoms with Gasteiger partial charge in [-0.25, -0.2) is 13.8 Å². The van der Waals surface area contributed by atoms with Gasteiger partial charge in [-0.15, -0.1) is 0 Å². The van der Waals surface area contributed by atoms with Crippen molar-refractivity contribution in [3.63, 3.8) is 0 Å². The zero-order valence-corrected chi connectivity index (χ0v) is 12.5. The van der Waals surface area contributed by atoms with Gasteiger partial charge >= 0.3 is 0 Å². The summed E-state index contributed by atoms with van der Waals surface area (Å²) in [6.07, 6.45) is 0.868. The van der Waals surface area contributed by atoms with E-state index in [2.05, 4.69) is 4.98 Å². The van der Waals surface area contributed by atoms with Crippen molar-refractivity contribution in [2.24, 2.45) is 0 Å². The molecule has 1 aliphatic rings. The van der Waals surface area contributed by atoms with E-state index < -0.39 is 17.5 Å².